The molecule has 1 aromatic heterocycles. The summed E-state index contributed by atoms with van der Waals surface area (Å²) >= 11 is 0. The van der Waals surface area contributed by atoms with Gasteiger partial charge in [-0.2, -0.15) is 4.73 Å². The minimum absolute atomic E-state index is 0.0426. The fraction of sp³-hybridized carbons (Fsp3) is 0.500. The van der Waals surface area contributed by atoms with Gasteiger partial charge in [0.15, 0.2) is 5.49 Å². The minimum Gasteiger partial charge on any atom is -0.492 e. The van der Waals surface area contributed by atoms with Gasteiger partial charge in [0.2, 0.25) is 5.88 Å². The Morgan fingerprint density at radius 2 is 2.22 bits per heavy atom. The second-order valence-corrected chi connectivity index (χ2v) is 4.39. The zero-order valence-corrected chi connectivity index (χ0v) is 10.7. The second-order valence-electron chi connectivity index (χ2n) is 4.39. The third-order valence-corrected chi connectivity index (χ3v) is 2.32. The highest BCUT2D eigenvalue weighted by Crippen LogP contribution is 2.15. The van der Waals surface area contributed by atoms with Crippen LogP contribution in [0.25, 0.3) is 0 Å². The van der Waals surface area contributed by atoms with E-state index in [-0.39, 0.29) is 35.3 Å². The molecule has 3 N–H and O–H groups in total. The van der Waals surface area contributed by atoms with E-state index in [9.17, 15) is 10.3 Å². The number of ether oxygens (including phenoxy) is 1. The first-order chi connectivity index (χ1) is 8.47. The Hall–Kier alpha value is -1.82. The number of hydrogen-bond acceptors (Lipinski definition) is 5. The van der Waals surface area contributed by atoms with E-state index in [1.54, 1.807) is 6.08 Å². The van der Waals surface area contributed by atoms with Crippen LogP contribution in [0.1, 0.15) is 25.2 Å². The molecule has 0 amide bonds. The van der Waals surface area contributed by atoms with Gasteiger partial charge in [-0.15, -0.1) is 6.58 Å². The van der Waals surface area contributed by atoms with Crippen LogP contribution in [0.2, 0.25) is 0 Å². The molecule has 6 heteroatoms. The van der Waals surface area contributed by atoms with Crippen LogP contribution in [-0.4, -0.2) is 26.6 Å². The van der Waals surface area contributed by atoms with Crippen LogP contribution in [0.4, 0.5) is 0 Å². The third-order valence-electron chi connectivity index (χ3n) is 2.32. The molecule has 0 fully saturated rings. The van der Waals surface area contributed by atoms with E-state index in [4.69, 9.17) is 10.1 Å². The molecule has 0 radical (unpaired) electrons. The van der Waals surface area contributed by atoms with Gasteiger partial charge in [-0.3, -0.25) is 5.41 Å². The van der Waals surface area contributed by atoms with Crippen molar-refractivity contribution in [1.29, 1.82) is 5.41 Å². The molecule has 6 nitrogen and oxygen atoms in total. The van der Waals surface area contributed by atoms with Gasteiger partial charge in [-0.25, -0.2) is 4.98 Å². The Balaban J connectivity index is 3.04. The van der Waals surface area contributed by atoms with Gasteiger partial charge >= 0.3 is 0 Å². The maximum Gasteiger partial charge on any atom is 0.235 e. The quantitative estimate of drug-likeness (QED) is 0.403. The molecule has 0 aliphatic rings. The maximum absolute atomic E-state index is 9.82. The van der Waals surface area contributed by atoms with Crippen LogP contribution in [0.15, 0.2) is 12.7 Å². The van der Waals surface area contributed by atoms with Crippen molar-refractivity contribution in [2.75, 3.05) is 6.61 Å². The molecule has 0 saturated carbocycles. The molecule has 0 unspecified atom stereocenters. The molecule has 18 heavy (non-hydrogen) atoms. The fourth-order valence-electron chi connectivity index (χ4n) is 1.50. The maximum atomic E-state index is 9.82. The van der Waals surface area contributed by atoms with Crippen molar-refractivity contribution in [2.24, 2.45) is 5.92 Å². The molecule has 0 aliphatic carbocycles. The molecular formula is C12H19N3O3. The highest BCUT2D eigenvalue weighted by Gasteiger charge is 2.14. The molecule has 0 bridgehead atoms. The number of nitrogens with zero attached hydrogens (tertiary/aromatic N) is 2. The lowest BCUT2D eigenvalue weighted by Crippen LogP contribution is -2.28. The SMILES string of the molecule is C=CCOCc1nc(O)c(CC(C)C)n(O)c1=N. The Bertz CT molecular complexity index is 480. The number of aromatic hydroxyl groups is 1. The zero-order chi connectivity index (χ0) is 13.7. The van der Waals surface area contributed by atoms with E-state index in [1.165, 1.54) is 0 Å². The van der Waals surface area contributed by atoms with Gasteiger partial charge in [0.05, 0.1) is 13.2 Å². The van der Waals surface area contributed by atoms with Crippen LogP contribution in [0.3, 0.4) is 0 Å². The van der Waals surface area contributed by atoms with E-state index in [0.29, 0.717) is 17.8 Å². The minimum atomic E-state index is -0.264. The molecule has 0 atom stereocenters. The lowest BCUT2D eigenvalue weighted by molar-refractivity contribution is 0.125. The van der Waals surface area contributed by atoms with Gasteiger partial charge in [0.25, 0.3) is 0 Å². The van der Waals surface area contributed by atoms with E-state index in [0.717, 1.165) is 0 Å². The molecule has 1 aromatic rings. The normalized spacial score (nSPS) is 10.8. The third kappa shape index (κ3) is 3.33. The standard InChI is InChI=1S/C12H19N3O3/c1-4-5-18-7-9-11(13)15(17)10(6-8(2)3)12(16)14-9/h4,8,13,16-17H,1,5-7H2,2-3H3. The Morgan fingerprint density at radius 1 is 1.56 bits per heavy atom. The highest BCUT2D eigenvalue weighted by molar-refractivity contribution is 5.19. The fourth-order valence-corrected chi connectivity index (χ4v) is 1.50. The smallest absolute Gasteiger partial charge is 0.235 e. The summed E-state index contributed by atoms with van der Waals surface area (Å²) in [7, 11) is 0. The van der Waals surface area contributed by atoms with Gasteiger partial charge in [-0.1, -0.05) is 19.9 Å². The molecule has 0 spiro atoms. The van der Waals surface area contributed by atoms with E-state index >= 15 is 0 Å². The number of hydrogen-bond donors (Lipinski definition) is 3. The number of nitrogens with one attached hydrogen (secondary N) is 1. The van der Waals surface area contributed by atoms with E-state index in [2.05, 4.69) is 11.6 Å². The average Bonchev–Trinajstić information content (AvgIpc) is 2.31. The lowest BCUT2D eigenvalue weighted by atomic mass is 10.1. The van der Waals surface area contributed by atoms with Crippen LogP contribution in [0.5, 0.6) is 5.88 Å². The summed E-state index contributed by atoms with van der Waals surface area (Å²) in [5.41, 5.74) is 0.249. The molecule has 0 aromatic carbocycles. The van der Waals surface area contributed by atoms with Crippen LogP contribution in [0, 0.1) is 11.3 Å². The van der Waals surface area contributed by atoms with Crippen molar-refractivity contribution in [3.8, 4) is 5.88 Å². The lowest BCUT2D eigenvalue weighted by Gasteiger charge is -2.13. The van der Waals surface area contributed by atoms with Gasteiger partial charge < -0.3 is 15.1 Å². The number of rotatable bonds is 6. The molecule has 100 valence electrons. The Labute approximate surface area is 106 Å². The van der Waals surface area contributed by atoms with Crippen molar-refractivity contribution in [2.45, 2.75) is 26.9 Å². The van der Waals surface area contributed by atoms with Crippen molar-refractivity contribution >= 4 is 0 Å². The number of aromatic nitrogens is 2. The first kappa shape index (κ1) is 14.2. The van der Waals surface area contributed by atoms with Gasteiger partial charge in [0, 0.05) is 0 Å². The molecule has 1 rings (SSSR count). The molecule has 0 saturated heterocycles. The van der Waals surface area contributed by atoms with Gasteiger partial charge in [-0.05, 0) is 12.3 Å². The van der Waals surface area contributed by atoms with E-state index < -0.39 is 0 Å². The van der Waals surface area contributed by atoms with Crippen molar-refractivity contribution in [3.05, 3.63) is 29.5 Å². The highest BCUT2D eigenvalue weighted by atomic mass is 16.5. The average molecular weight is 253 g/mol. The van der Waals surface area contributed by atoms with Crippen molar-refractivity contribution in [1.82, 2.24) is 9.71 Å². The summed E-state index contributed by atoms with van der Waals surface area (Å²) in [5, 5.41) is 27.3. The first-order valence-electron chi connectivity index (χ1n) is 5.73. The van der Waals surface area contributed by atoms with Crippen molar-refractivity contribution < 1.29 is 15.1 Å². The summed E-state index contributed by atoms with van der Waals surface area (Å²) < 4.78 is 5.81. The molecule has 0 aliphatic heterocycles. The molecule has 1 heterocycles. The monoisotopic (exact) mass is 253 g/mol. The zero-order valence-electron chi connectivity index (χ0n) is 10.7. The summed E-state index contributed by atoms with van der Waals surface area (Å²) in [6, 6.07) is 0. The Kier molecular flexibility index (Phi) is 4.91. The topological polar surface area (TPSA) is 91.4 Å². The second kappa shape index (κ2) is 6.20. The predicted molar refractivity (Wildman–Crippen MR) is 65.3 cm³/mol. The Morgan fingerprint density at radius 3 is 2.78 bits per heavy atom. The van der Waals surface area contributed by atoms with Gasteiger partial charge in [0.1, 0.15) is 11.4 Å². The summed E-state index contributed by atoms with van der Waals surface area (Å²) in [6.45, 7) is 7.76. The van der Waals surface area contributed by atoms with Crippen LogP contribution >= 0.6 is 0 Å². The van der Waals surface area contributed by atoms with Crippen LogP contribution < -0.4 is 5.49 Å². The summed E-state index contributed by atoms with van der Waals surface area (Å²) in [5.74, 6) is -0.0298. The van der Waals surface area contributed by atoms with E-state index in [1.807, 2.05) is 13.8 Å². The summed E-state index contributed by atoms with van der Waals surface area (Å²) in [6.07, 6.45) is 2.01. The largest absolute Gasteiger partial charge is 0.492 e. The molecular weight excluding hydrogens is 234 g/mol. The van der Waals surface area contributed by atoms with Crippen LogP contribution in [-0.2, 0) is 17.8 Å². The first-order valence-corrected chi connectivity index (χ1v) is 5.73. The predicted octanol–water partition coefficient (Wildman–Crippen LogP) is 1.21. The summed E-state index contributed by atoms with van der Waals surface area (Å²) in [4.78, 5) is 3.89. The van der Waals surface area contributed by atoms with Crippen molar-refractivity contribution in [3.63, 3.8) is 0 Å².